The molecule has 2 aromatic carbocycles. The van der Waals surface area contributed by atoms with Gasteiger partial charge >= 0.3 is 11.9 Å². The minimum Gasteiger partial charge on any atom is -0.481 e. The van der Waals surface area contributed by atoms with Gasteiger partial charge in [0.1, 0.15) is 17.9 Å². The van der Waals surface area contributed by atoms with Crippen molar-refractivity contribution in [3.8, 4) is 0 Å². The largest absolute Gasteiger partial charge is 0.481 e. The summed E-state index contributed by atoms with van der Waals surface area (Å²) in [5.74, 6) is -2.76. The lowest BCUT2D eigenvalue weighted by atomic mass is 10.1. The van der Waals surface area contributed by atoms with Crippen molar-refractivity contribution in [3.63, 3.8) is 0 Å². The van der Waals surface area contributed by atoms with Gasteiger partial charge in [0.2, 0.25) is 0 Å². The van der Waals surface area contributed by atoms with Gasteiger partial charge in [-0.05, 0) is 35.9 Å². The molecule has 0 aliphatic carbocycles. The van der Waals surface area contributed by atoms with Gasteiger partial charge in [-0.25, -0.2) is 0 Å². The van der Waals surface area contributed by atoms with Crippen LogP contribution in [-0.4, -0.2) is 51.6 Å². The van der Waals surface area contributed by atoms with Crippen molar-refractivity contribution >= 4 is 82.6 Å². The van der Waals surface area contributed by atoms with Crippen molar-refractivity contribution in [2.75, 3.05) is 18.0 Å². The summed E-state index contributed by atoms with van der Waals surface area (Å²) in [6, 6.07) is 11.6. The van der Waals surface area contributed by atoms with Gasteiger partial charge in [0.25, 0.3) is 11.8 Å². The molecule has 8 nitrogen and oxygen atoms in total. The van der Waals surface area contributed by atoms with Crippen molar-refractivity contribution in [3.05, 3.63) is 68.5 Å². The lowest BCUT2D eigenvalue weighted by Gasteiger charge is -2.17. The van der Waals surface area contributed by atoms with Crippen LogP contribution in [0.1, 0.15) is 17.5 Å². The molecule has 12 heteroatoms. The maximum atomic E-state index is 13.4. The molecule has 2 amide bonds. The zero-order valence-corrected chi connectivity index (χ0v) is 21.2. The number of nitrogens with zero attached hydrogens (tertiary/aromatic N) is 2. The molecule has 0 aromatic heterocycles. The van der Waals surface area contributed by atoms with E-state index in [9.17, 15) is 19.2 Å². The molecule has 2 aromatic rings. The molecule has 1 fully saturated rings. The average Bonchev–Trinajstić information content (AvgIpc) is 3.22. The first-order chi connectivity index (χ1) is 16.7. The Bertz CT molecular complexity index is 1270. The summed E-state index contributed by atoms with van der Waals surface area (Å²) in [6.45, 7) is -0.448. The van der Waals surface area contributed by atoms with Crippen LogP contribution < -0.4 is 4.90 Å². The number of carboxylic acid groups (broad SMARTS) is 1. The molecule has 2 aliphatic heterocycles. The lowest BCUT2D eigenvalue weighted by molar-refractivity contribution is -0.144. The van der Waals surface area contributed by atoms with Crippen LogP contribution in [0.25, 0.3) is 5.57 Å². The van der Waals surface area contributed by atoms with E-state index in [0.29, 0.717) is 26.9 Å². The van der Waals surface area contributed by atoms with E-state index in [0.717, 1.165) is 11.8 Å². The summed E-state index contributed by atoms with van der Waals surface area (Å²) >= 11 is 17.5. The Kier molecular flexibility index (Phi) is 7.65. The summed E-state index contributed by atoms with van der Waals surface area (Å²) in [6.07, 6.45) is -0.257. The number of halogens is 2. The Hall–Kier alpha value is -2.66. The van der Waals surface area contributed by atoms with E-state index in [2.05, 4.69) is 12.6 Å². The van der Waals surface area contributed by atoms with Crippen molar-refractivity contribution in [2.45, 2.75) is 17.7 Å². The SMILES string of the molecule is O=C(O)CCN1C(=O)/C(=C2/C(=O)N(CC(=O)OCc3cccc(Cl)c3)c3ccc(Cl)cc32)SC1S. The number of carbonyl (C=O) groups is 4. The third-order valence-electron chi connectivity index (χ3n) is 5.29. The highest BCUT2D eigenvalue weighted by atomic mass is 35.5. The number of anilines is 1. The Balaban J connectivity index is 1.59. The van der Waals surface area contributed by atoms with Crippen LogP contribution >= 0.6 is 47.6 Å². The van der Waals surface area contributed by atoms with E-state index in [1.807, 2.05) is 0 Å². The first-order valence-electron chi connectivity index (χ1n) is 10.3. The molecule has 1 N–H and O–H groups in total. The fourth-order valence-electron chi connectivity index (χ4n) is 3.69. The molecule has 1 saturated heterocycles. The maximum absolute atomic E-state index is 13.4. The van der Waals surface area contributed by atoms with Crippen LogP contribution in [0.4, 0.5) is 5.69 Å². The van der Waals surface area contributed by atoms with Crippen LogP contribution in [-0.2, 0) is 30.5 Å². The molecule has 1 unspecified atom stereocenters. The number of ether oxygens (including phenoxy) is 1. The molecule has 4 rings (SSSR count). The molecule has 1 atom stereocenters. The molecular formula is C23H18Cl2N2O6S2. The normalized spacial score (nSPS) is 19.3. The molecule has 0 saturated carbocycles. The zero-order valence-electron chi connectivity index (χ0n) is 17.9. The van der Waals surface area contributed by atoms with Gasteiger partial charge in [-0.2, -0.15) is 0 Å². The number of fused-ring (bicyclic) bond motifs is 1. The first kappa shape index (κ1) is 25.4. The van der Waals surface area contributed by atoms with Crippen LogP contribution in [0.5, 0.6) is 0 Å². The fraction of sp³-hybridized carbons (Fsp3) is 0.217. The highest BCUT2D eigenvalue weighted by Gasteiger charge is 2.43. The quantitative estimate of drug-likeness (QED) is 0.303. The number of thioether (sulfide) groups is 1. The zero-order chi connectivity index (χ0) is 25.3. The summed E-state index contributed by atoms with van der Waals surface area (Å²) in [7, 11) is 0. The van der Waals surface area contributed by atoms with Gasteiger partial charge in [0.15, 0.2) is 0 Å². The number of benzene rings is 2. The standard InChI is InChI=1S/C23H18Cl2N2O6S2/c24-13-3-1-2-12(8-13)11-33-18(30)10-27-16-5-4-14(25)9-15(16)19(21(27)31)20-22(32)26(23(34)35-20)7-6-17(28)29/h1-5,8-9,23,34H,6-7,10-11H2,(H,28,29)/b20-19-. The van der Waals surface area contributed by atoms with Crippen LogP contribution in [0.2, 0.25) is 10.0 Å². The number of aliphatic carboxylic acids is 1. The Morgan fingerprint density at radius 3 is 2.54 bits per heavy atom. The smallest absolute Gasteiger partial charge is 0.326 e. The number of carbonyl (C=O) groups excluding carboxylic acids is 3. The number of esters is 1. The van der Waals surface area contributed by atoms with Gasteiger partial charge < -0.3 is 14.7 Å². The van der Waals surface area contributed by atoms with Crippen molar-refractivity contribution < 1.29 is 29.0 Å². The minimum atomic E-state index is -1.05. The Morgan fingerprint density at radius 1 is 1.09 bits per heavy atom. The van der Waals surface area contributed by atoms with E-state index < -0.39 is 28.5 Å². The van der Waals surface area contributed by atoms with E-state index in [1.54, 1.807) is 42.5 Å². The third-order valence-corrected chi connectivity index (χ3v) is 7.44. The van der Waals surface area contributed by atoms with Crippen LogP contribution in [0.15, 0.2) is 47.4 Å². The predicted octanol–water partition coefficient (Wildman–Crippen LogP) is 4.06. The summed E-state index contributed by atoms with van der Waals surface area (Å²) in [4.78, 5) is 52.7. The van der Waals surface area contributed by atoms with Crippen molar-refractivity contribution in [2.24, 2.45) is 0 Å². The second-order valence-corrected chi connectivity index (χ2v) is 10.4. The average molecular weight is 553 g/mol. The number of rotatable bonds is 7. The third kappa shape index (κ3) is 5.45. The molecule has 35 heavy (non-hydrogen) atoms. The van der Waals surface area contributed by atoms with Crippen LogP contribution in [0.3, 0.4) is 0 Å². The van der Waals surface area contributed by atoms with Crippen molar-refractivity contribution in [1.29, 1.82) is 0 Å². The number of thiol groups is 1. The Labute approximate surface area is 220 Å². The van der Waals surface area contributed by atoms with Gasteiger partial charge in [-0.15, -0.1) is 12.6 Å². The predicted molar refractivity (Wildman–Crippen MR) is 136 cm³/mol. The maximum Gasteiger partial charge on any atom is 0.326 e. The summed E-state index contributed by atoms with van der Waals surface area (Å²) < 4.78 is 4.66. The lowest BCUT2D eigenvalue weighted by Crippen LogP contribution is -2.34. The number of hydrogen-bond donors (Lipinski definition) is 2. The van der Waals surface area contributed by atoms with E-state index >= 15 is 0 Å². The highest BCUT2D eigenvalue weighted by molar-refractivity contribution is 8.14. The summed E-state index contributed by atoms with van der Waals surface area (Å²) in [5, 5.41) is 9.82. The second kappa shape index (κ2) is 10.5. The molecular weight excluding hydrogens is 535 g/mol. The van der Waals surface area contributed by atoms with Gasteiger partial charge in [-0.1, -0.05) is 47.1 Å². The molecule has 182 valence electrons. The topological polar surface area (TPSA) is 104 Å². The summed E-state index contributed by atoms with van der Waals surface area (Å²) in [5.41, 5.74) is 1.61. The van der Waals surface area contributed by atoms with Crippen molar-refractivity contribution in [1.82, 2.24) is 4.90 Å². The molecule has 0 spiro atoms. The van der Waals surface area contributed by atoms with Gasteiger partial charge in [-0.3, -0.25) is 24.1 Å². The monoisotopic (exact) mass is 552 g/mol. The number of hydrogen-bond acceptors (Lipinski definition) is 7. The number of amides is 2. The molecule has 0 bridgehead atoms. The highest BCUT2D eigenvalue weighted by Crippen LogP contribution is 2.47. The van der Waals surface area contributed by atoms with Gasteiger partial charge in [0.05, 0.1) is 22.6 Å². The van der Waals surface area contributed by atoms with E-state index in [4.69, 9.17) is 33.0 Å². The second-order valence-electron chi connectivity index (χ2n) is 7.63. The molecule has 0 radical (unpaired) electrons. The molecule has 2 aliphatic rings. The van der Waals surface area contributed by atoms with E-state index in [1.165, 1.54) is 9.80 Å². The minimum absolute atomic E-state index is 0.0168. The molecule has 2 heterocycles. The van der Waals surface area contributed by atoms with Gasteiger partial charge in [0, 0.05) is 22.2 Å². The Morgan fingerprint density at radius 2 is 1.83 bits per heavy atom. The first-order valence-corrected chi connectivity index (χ1v) is 12.4. The van der Waals surface area contributed by atoms with E-state index in [-0.39, 0.29) is 36.6 Å². The van der Waals surface area contributed by atoms with Crippen LogP contribution in [0, 0.1) is 0 Å². The number of carboxylic acids is 1. The fourth-order valence-corrected chi connectivity index (χ4v) is 5.68.